The van der Waals surface area contributed by atoms with E-state index >= 15 is 0 Å². The van der Waals surface area contributed by atoms with Crippen LogP contribution in [0.2, 0.25) is 0 Å². The maximum absolute atomic E-state index is 11.8. The Morgan fingerprint density at radius 2 is 2.17 bits per heavy atom. The van der Waals surface area contributed by atoms with Gasteiger partial charge < -0.3 is 5.11 Å². The van der Waals surface area contributed by atoms with Crippen molar-refractivity contribution in [3.05, 3.63) is 0 Å². The highest BCUT2D eigenvalue weighted by atomic mass is 19.4. The predicted octanol–water partition coefficient (Wildman–Crippen LogP) is 0.750. The summed E-state index contributed by atoms with van der Waals surface area (Å²) in [5.41, 5.74) is 0. The molecule has 2 unspecified atom stereocenters. The number of nitrogens with zero attached hydrogens (tertiary/aromatic N) is 1. The van der Waals surface area contributed by atoms with Crippen molar-refractivity contribution in [3.63, 3.8) is 0 Å². The van der Waals surface area contributed by atoms with E-state index in [1.807, 2.05) is 0 Å². The predicted molar refractivity (Wildman–Crippen MR) is 33.9 cm³/mol. The second-order valence-corrected chi connectivity index (χ2v) is 2.88. The zero-order valence-corrected chi connectivity index (χ0v) is 6.51. The van der Waals surface area contributed by atoms with Gasteiger partial charge in [0, 0.05) is 5.92 Å². The second-order valence-electron chi connectivity index (χ2n) is 2.88. The molecule has 1 rings (SSSR count). The van der Waals surface area contributed by atoms with E-state index in [2.05, 4.69) is 4.84 Å². The molecule has 1 fully saturated rings. The van der Waals surface area contributed by atoms with E-state index in [9.17, 15) is 13.2 Å². The number of rotatable bonds is 1. The Hall–Kier alpha value is -0.330. The summed E-state index contributed by atoms with van der Waals surface area (Å²) in [5, 5.41) is 9.68. The molecule has 0 saturated carbocycles. The average molecular weight is 185 g/mol. The van der Waals surface area contributed by atoms with Crippen LogP contribution in [0.15, 0.2) is 0 Å². The van der Waals surface area contributed by atoms with Crippen LogP contribution in [0.3, 0.4) is 0 Å². The summed E-state index contributed by atoms with van der Waals surface area (Å²) in [4.78, 5) is 4.62. The largest absolute Gasteiger partial charge is 0.403 e. The van der Waals surface area contributed by atoms with Crippen molar-refractivity contribution in [3.8, 4) is 0 Å². The van der Waals surface area contributed by atoms with Crippen LogP contribution in [0, 0.1) is 5.92 Å². The highest BCUT2D eigenvalue weighted by Gasteiger charge is 2.39. The van der Waals surface area contributed by atoms with Crippen molar-refractivity contribution >= 4 is 0 Å². The zero-order valence-electron chi connectivity index (χ0n) is 6.51. The minimum atomic E-state index is -4.33. The summed E-state index contributed by atoms with van der Waals surface area (Å²) in [7, 11) is 0. The molecule has 2 atom stereocenters. The van der Waals surface area contributed by atoms with Crippen molar-refractivity contribution < 1.29 is 23.1 Å². The Kier molecular flexibility index (Phi) is 2.60. The van der Waals surface area contributed by atoms with Gasteiger partial charge in [-0.3, -0.25) is 4.84 Å². The molecule has 1 saturated heterocycles. The molecule has 72 valence electrons. The van der Waals surface area contributed by atoms with Gasteiger partial charge in [0.1, 0.15) is 12.8 Å². The minimum absolute atomic E-state index is 0.136. The SMILES string of the molecule is CC1CON(CC(F)(F)F)C1O. The monoisotopic (exact) mass is 185 g/mol. The van der Waals surface area contributed by atoms with Crippen molar-refractivity contribution in [2.24, 2.45) is 5.92 Å². The van der Waals surface area contributed by atoms with Crippen LogP contribution in [-0.2, 0) is 4.84 Å². The van der Waals surface area contributed by atoms with Crippen LogP contribution in [0.1, 0.15) is 6.92 Å². The van der Waals surface area contributed by atoms with Gasteiger partial charge in [-0.2, -0.15) is 18.2 Å². The van der Waals surface area contributed by atoms with Gasteiger partial charge in [-0.05, 0) is 0 Å². The molecule has 6 heteroatoms. The Labute approximate surface area is 67.7 Å². The van der Waals surface area contributed by atoms with Crippen LogP contribution >= 0.6 is 0 Å². The molecule has 1 heterocycles. The van der Waals surface area contributed by atoms with Crippen molar-refractivity contribution in [2.45, 2.75) is 19.3 Å². The number of aliphatic hydroxyl groups excluding tert-OH is 1. The first kappa shape index (κ1) is 9.76. The number of aliphatic hydroxyl groups is 1. The van der Waals surface area contributed by atoms with E-state index in [1.165, 1.54) is 0 Å². The molecular formula is C6H10F3NO2. The lowest BCUT2D eigenvalue weighted by atomic mass is 10.2. The fourth-order valence-electron chi connectivity index (χ4n) is 0.975. The van der Waals surface area contributed by atoms with E-state index in [0.717, 1.165) is 0 Å². The Balaban J connectivity index is 2.44. The average Bonchev–Trinajstić information content (AvgIpc) is 2.16. The summed E-state index contributed by atoms with van der Waals surface area (Å²) < 4.78 is 35.3. The van der Waals surface area contributed by atoms with E-state index < -0.39 is 18.9 Å². The molecule has 1 aliphatic rings. The van der Waals surface area contributed by atoms with Crippen LogP contribution in [-0.4, -0.2) is 35.7 Å². The fraction of sp³-hybridized carbons (Fsp3) is 1.00. The molecular weight excluding hydrogens is 175 g/mol. The molecule has 1 aliphatic heterocycles. The number of hydroxylamine groups is 2. The molecule has 0 radical (unpaired) electrons. The Morgan fingerprint density at radius 1 is 1.58 bits per heavy atom. The molecule has 0 aromatic rings. The fourth-order valence-corrected chi connectivity index (χ4v) is 0.975. The molecule has 0 bridgehead atoms. The summed E-state index contributed by atoms with van der Waals surface area (Å²) in [6, 6.07) is 0. The molecule has 0 aliphatic carbocycles. The third-order valence-electron chi connectivity index (χ3n) is 1.64. The highest BCUT2D eigenvalue weighted by molar-refractivity contribution is 4.69. The van der Waals surface area contributed by atoms with Crippen LogP contribution < -0.4 is 0 Å². The first-order chi connectivity index (χ1) is 5.40. The minimum Gasteiger partial charge on any atom is -0.376 e. The topological polar surface area (TPSA) is 32.7 Å². The van der Waals surface area contributed by atoms with Gasteiger partial charge in [0.2, 0.25) is 0 Å². The van der Waals surface area contributed by atoms with E-state index in [1.54, 1.807) is 6.92 Å². The lowest BCUT2D eigenvalue weighted by Crippen LogP contribution is -2.38. The normalized spacial score (nSPS) is 32.8. The van der Waals surface area contributed by atoms with Crippen molar-refractivity contribution in [1.29, 1.82) is 0 Å². The van der Waals surface area contributed by atoms with E-state index in [0.29, 0.717) is 5.06 Å². The van der Waals surface area contributed by atoms with Crippen LogP contribution in [0.5, 0.6) is 0 Å². The van der Waals surface area contributed by atoms with Gasteiger partial charge in [-0.15, -0.1) is 0 Å². The number of alkyl halides is 3. The smallest absolute Gasteiger partial charge is 0.376 e. The Bertz CT molecular complexity index is 161. The van der Waals surface area contributed by atoms with Gasteiger partial charge in [0.25, 0.3) is 0 Å². The van der Waals surface area contributed by atoms with Gasteiger partial charge >= 0.3 is 6.18 Å². The molecule has 0 aromatic carbocycles. The molecule has 0 aromatic heterocycles. The zero-order chi connectivity index (χ0) is 9.35. The highest BCUT2D eigenvalue weighted by Crippen LogP contribution is 2.24. The van der Waals surface area contributed by atoms with Gasteiger partial charge in [-0.1, -0.05) is 6.92 Å². The Morgan fingerprint density at radius 3 is 2.50 bits per heavy atom. The number of hydrogen-bond acceptors (Lipinski definition) is 3. The molecule has 3 nitrogen and oxygen atoms in total. The van der Waals surface area contributed by atoms with Crippen LogP contribution in [0.25, 0.3) is 0 Å². The van der Waals surface area contributed by atoms with E-state index in [4.69, 9.17) is 5.11 Å². The van der Waals surface area contributed by atoms with Crippen molar-refractivity contribution in [2.75, 3.05) is 13.2 Å². The number of hydrogen-bond donors (Lipinski definition) is 1. The maximum atomic E-state index is 11.8. The first-order valence-corrected chi connectivity index (χ1v) is 3.54. The van der Waals surface area contributed by atoms with Crippen molar-refractivity contribution in [1.82, 2.24) is 5.06 Å². The molecule has 1 N–H and O–H groups in total. The van der Waals surface area contributed by atoms with Gasteiger partial charge in [0.05, 0.1) is 6.61 Å². The van der Waals surface area contributed by atoms with E-state index in [-0.39, 0.29) is 12.5 Å². The third-order valence-corrected chi connectivity index (χ3v) is 1.64. The van der Waals surface area contributed by atoms with Crippen LogP contribution in [0.4, 0.5) is 13.2 Å². The molecule has 0 amide bonds. The number of halogens is 3. The summed E-state index contributed by atoms with van der Waals surface area (Å²) in [6.45, 7) is 0.538. The third kappa shape index (κ3) is 2.33. The lowest BCUT2D eigenvalue weighted by molar-refractivity contribution is -0.249. The first-order valence-electron chi connectivity index (χ1n) is 3.54. The molecule has 12 heavy (non-hydrogen) atoms. The quantitative estimate of drug-likeness (QED) is 0.654. The standard InChI is InChI=1S/C6H10F3NO2/c1-4-2-12-10(5(4)11)3-6(7,8)9/h4-5,11H,2-3H2,1H3. The van der Waals surface area contributed by atoms with Gasteiger partial charge in [-0.25, -0.2) is 0 Å². The maximum Gasteiger partial charge on any atom is 0.403 e. The summed E-state index contributed by atoms with van der Waals surface area (Å²) >= 11 is 0. The second kappa shape index (κ2) is 3.20. The molecule has 0 spiro atoms. The van der Waals surface area contributed by atoms with Gasteiger partial charge in [0.15, 0.2) is 0 Å². The summed E-state index contributed by atoms with van der Waals surface area (Å²) in [6.07, 6.45) is -5.47. The summed E-state index contributed by atoms with van der Waals surface area (Å²) in [5.74, 6) is -0.271. The lowest BCUT2D eigenvalue weighted by Gasteiger charge is -2.20.